The Hall–Kier alpha value is -2.69. The van der Waals surface area contributed by atoms with Crippen molar-refractivity contribution in [3.05, 3.63) is 47.0 Å². The summed E-state index contributed by atoms with van der Waals surface area (Å²) in [6.45, 7) is 5.31. The van der Waals surface area contributed by atoms with Crippen LogP contribution in [0.5, 0.6) is 0 Å². The summed E-state index contributed by atoms with van der Waals surface area (Å²) in [6.07, 6.45) is 1.88. The quantitative estimate of drug-likeness (QED) is 0.529. The lowest BCUT2D eigenvalue weighted by Crippen LogP contribution is -2.52. The first-order valence-corrected chi connectivity index (χ1v) is 10.6. The van der Waals surface area contributed by atoms with E-state index in [9.17, 15) is 14.3 Å². The molecule has 1 fully saturated rings. The molecule has 3 aromatic rings. The zero-order valence-electron chi connectivity index (χ0n) is 16.7. The van der Waals surface area contributed by atoms with Crippen LogP contribution in [0.15, 0.2) is 29.9 Å². The van der Waals surface area contributed by atoms with E-state index in [1.54, 1.807) is 6.20 Å². The molecule has 2 atom stereocenters. The number of fused-ring (bicyclic) bond motifs is 1. The molecule has 0 radical (unpaired) electrons. The number of nitrogens with zero attached hydrogens (tertiary/aromatic N) is 4. The first-order chi connectivity index (χ1) is 14.4. The monoisotopic (exact) mass is 430 g/mol. The number of rotatable bonds is 7. The fourth-order valence-corrected chi connectivity index (χ4v) is 4.31. The van der Waals surface area contributed by atoms with Crippen molar-refractivity contribution in [1.29, 1.82) is 0 Å². The van der Waals surface area contributed by atoms with Gasteiger partial charge >= 0.3 is 0 Å². The first kappa shape index (κ1) is 20.6. The second-order valence-corrected chi connectivity index (χ2v) is 8.42. The number of halogens is 1. The van der Waals surface area contributed by atoms with Crippen molar-refractivity contribution in [1.82, 2.24) is 25.2 Å². The van der Waals surface area contributed by atoms with Crippen molar-refractivity contribution in [2.45, 2.75) is 26.1 Å². The normalized spacial score (nSPS) is 16.8. The van der Waals surface area contributed by atoms with Gasteiger partial charge in [0.1, 0.15) is 11.5 Å². The molecule has 2 unspecified atom stereocenters. The van der Waals surface area contributed by atoms with Gasteiger partial charge in [0, 0.05) is 38.7 Å². The number of aliphatic hydroxyl groups is 1. The topological polar surface area (TPSA) is 103 Å². The lowest BCUT2D eigenvalue weighted by Gasteiger charge is -2.42. The Labute approximate surface area is 177 Å². The molecule has 0 aromatic carbocycles. The summed E-state index contributed by atoms with van der Waals surface area (Å²) in [7, 11) is 0. The third-order valence-corrected chi connectivity index (χ3v) is 6.04. The van der Waals surface area contributed by atoms with Crippen LogP contribution >= 0.6 is 11.3 Å². The van der Waals surface area contributed by atoms with E-state index in [0.29, 0.717) is 42.8 Å². The highest BCUT2D eigenvalue weighted by molar-refractivity contribution is 7.17. The smallest absolute Gasteiger partial charge is 0.224 e. The minimum Gasteiger partial charge on any atom is -0.372 e. The summed E-state index contributed by atoms with van der Waals surface area (Å²) in [5.41, 5.74) is 1.96. The Balaban J connectivity index is 1.51. The second-order valence-electron chi connectivity index (χ2n) is 7.50. The lowest BCUT2D eigenvalue weighted by atomic mass is 9.99. The van der Waals surface area contributed by atoms with Crippen molar-refractivity contribution in [2.75, 3.05) is 25.0 Å². The SMILES string of the molecule is CC(=O)NCC1CN(C(O)c2nc(NC(C)c3cncc(F)c3)nc3ccsc23)C1. The van der Waals surface area contributed by atoms with E-state index in [-0.39, 0.29) is 11.9 Å². The van der Waals surface area contributed by atoms with Crippen LogP contribution in [0.1, 0.15) is 37.4 Å². The van der Waals surface area contributed by atoms with Gasteiger partial charge in [0.15, 0.2) is 6.23 Å². The van der Waals surface area contributed by atoms with Crippen LogP contribution in [-0.2, 0) is 4.79 Å². The maximum absolute atomic E-state index is 13.5. The Kier molecular flexibility index (Phi) is 5.89. The summed E-state index contributed by atoms with van der Waals surface area (Å²) in [4.78, 5) is 26.0. The zero-order valence-corrected chi connectivity index (χ0v) is 17.5. The summed E-state index contributed by atoms with van der Waals surface area (Å²) >= 11 is 1.48. The Morgan fingerprint density at radius 2 is 2.20 bits per heavy atom. The van der Waals surface area contributed by atoms with Crippen LogP contribution in [-0.4, -0.2) is 50.5 Å². The summed E-state index contributed by atoms with van der Waals surface area (Å²) in [5, 5.41) is 18.8. The molecule has 1 saturated heterocycles. The number of likely N-dealkylation sites (tertiary alicyclic amines) is 1. The van der Waals surface area contributed by atoms with Crippen molar-refractivity contribution < 1.29 is 14.3 Å². The largest absolute Gasteiger partial charge is 0.372 e. The highest BCUT2D eigenvalue weighted by Gasteiger charge is 2.34. The standard InChI is InChI=1S/C20H23FN6O2S/c1-11(14-5-15(21)8-22-7-14)24-20-25-16-3-4-30-18(16)17(26-20)19(29)27-9-13(10-27)6-23-12(2)28/h3-5,7-8,11,13,19,29H,6,9-10H2,1-2H3,(H,23,28)(H,24,25,26). The molecule has 4 heterocycles. The van der Waals surface area contributed by atoms with Gasteiger partial charge in [-0.1, -0.05) is 0 Å². The van der Waals surface area contributed by atoms with Gasteiger partial charge in [0.25, 0.3) is 0 Å². The number of aromatic nitrogens is 3. The van der Waals surface area contributed by atoms with Crippen LogP contribution in [0.4, 0.5) is 10.3 Å². The second kappa shape index (κ2) is 8.58. The molecule has 0 aliphatic carbocycles. The number of hydrogen-bond acceptors (Lipinski definition) is 8. The molecule has 4 rings (SSSR count). The number of hydrogen-bond donors (Lipinski definition) is 3. The minimum atomic E-state index is -0.866. The van der Waals surface area contributed by atoms with Gasteiger partial charge in [0.05, 0.1) is 22.5 Å². The molecule has 1 amide bonds. The molecule has 158 valence electrons. The summed E-state index contributed by atoms with van der Waals surface area (Å²) in [5.74, 6) is 0.214. The van der Waals surface area contributed by atoms with E-state index in [4.69, 9.17) is 0 Å². The van der Waals surface area contributed by atoms with E-state index >= 15 is 0 Å². The molecule has 8 nitrogen and oxygen atoms in total. The van der Waals surface area contributed by atoms with Crippen LogP contribution in [0, 0.1) is 11.7 Å². The van der Waals surface area contributed by atoms with Gasteiger partial charge in [-0.3, -0.25) is 14.7 Å². The minimum absolute atomic E-state index is 0.0524. The lowest BCUT2D eigenvalue weighted by molar-refractivity contribution is -0.120. The summed E-state index contributed by atoms with van der Waals surface area (Å²) in [6, 6.07) is 3.03. The van der Waals surface area contributed by atoms with Crippen LogP contribution in [0.25, 0.3) is 10.2 Å². The predicted octanol–water partition coefficient (Wildman–Crippen LogP) is 2.46. The van der Waals surface area contributed by atoms with Gasteiger partial charge in [-0.05, 0) is 30.0 Å². The van der Waals surface area contributed by atoms with Crippen molar-refractivity contribution in [2.24, 2.45) is 5.92 Å². The molecule has 0 bridgehead atoms. The number of carbonyl (C=O) groups is 1. The maximum Gasteiger partial charge on any atom is 0.224 e. The van der Waals surface area contributed by atoms with Gasteiger partial charge in [-0.25, -0.2) is 14.4 Å². The fraction of sp³-hybridized carbons (Fsp3) is 0.400. The molecule has 0 spiro atoms. The fourth-order valence-electron chi connectivity index (χ4n) is 3.47. The van der Waals surface area contributed by atoms with Crippen molar-refractivity contribution in [3.8, 4) is 0 Å². The third-order valence-electron chi connectivity index (χ3n) is 5.12. The Morgan fingerprint density at radius 1 is 1.40 bits per heavy atom. The van der Waals surface area contributed by atoms with Gasteiger partial charge in [0.2, 0.25) is 11.9 Å². The molecular formula is C20H23FN6O2S. The van der Waals surface area contributed by atoms with E-state index < -0.39 is 12.0 Å². The van der Waals surface area contributed by atoms with Crippen molar-refractivity contribution >= 4 is 33.4 Å². The molecule has 1 aliphatic heterocycles. The maximum atomic E-state index is 13.5. The Morgan fingerprint density at radius 3 is 2.93 bits per heavy atom. The third kappa shape index (κ3) is 4.40. The molecule has 0 saturated carbocycles. The van der Waals surface area contributed by atoms with Crippen LogP contribution < -0.4 is 10.6 Å². The number of nitrogens with one attached hydrogen (secondary N) is 2. The number of thiophene rings is 1. The number of carbonyl (C=O) groups excluding carboxylic acids is 1. The van der Waals surface area contributed by atoms with Gasteiger partial charge < -0.3 is 15.7 Å². The summed E-state index contributed by atoms with van der Waals surface area (Å²) < 4.78 is 14.3. The first-order valence-electron chi connectivity index (χ1n) is 9.69. The number of pyridine rings is 1. The number of anilines is 1. The Bertz CT molecular complexity index is 1050. The molecule has 1 aliphatic rings. The zero-order chi connectivity index (χ0) is 21.3. The van der Waals surface area contributed by atoms with E-state index in [1.165, 1.54) is 24.3 Å². The number of aliphatic hydroxyl groups excluding tert-OH is 1. The van der Waals surface area contributed by atoms with Crippen LogP contribution in [0.3, 0.4) is 0 Å². The van der Waals surface area contributed by atoms with E-state index in [0.717, 1.165) is 16.4 Å². The highest BCUT2D eigenvalue weighted by Crippen LogP contribution is 2.33. The molecule has 30 heavy (non-hydrogen) atoms. The average molecular weight is 431 g/mol. The van der Waals surface area contributed by atoms with Gasteiger partial charge in [-0.15, -0.1) is 11.3 Å². The predicted molar refractivity (Wildman–Crippen MR) is 112 cm³/mol. The molecule has 10 heteroatoms. The highest BCUT2D eigenvalue weighted by atomic mass is 32.1. The molecular weight excluding hydrogens is 407 g/mol. The number of amides is 1. The van der Waals surface area contributed by atoms with E-state index in [2.05, 4.69) is 25.6 Å². The molecule has 3 N–H and O–H groups in total. The molecule has 3 aromatic heterocycles. The van der Waals surface area contributed by atoms with E-state index in [1.807, 2.05) is 23.3 Å². The van der Waals surface area contributed by atoms with Gasteiger partial charge in [-0.2, -0.15) is 0 Å². The van der Waals surface area contributed by atoms with Crippen molar-refractivity contribution in [3.63, 3.8) is 0 Å². The average Bonchev–Trinajstić information content (AvgIpc) is 3.14. The van der Waals surface area contributed by atoms with Crippen LogP contribution in [0.2, 0.25) is 0 Å².